The van der Waals surface area contributed by atoms with Crippen LogP contribution in [-0.4, -0.2) is 49.2 Å². The van der Waals surface area contributed by atoms with Gasteiger partial charge < -0.3 is 15.0 Å². The number of carbonyl (C=O) groups excluding carboxylic acids is 1. The van der Waals surface area contributed by atoms with E-state index in [1.54, 1.807) is 0 Å². The first-order valence-corrected chi connectivity index (χ1v) is 8.52. The normalized spacial score (nSPS) is 15.8. The van der Waals surface area contributed by atoms with Crippen LogP contribution in [0.15, 0.2) is 0 Å². The molecule has 21 heavy (non-hydrogen) atoms. The van der Waals surface area contributed by atoms with Crippen molar-refractivity contribution in [3.63, 3.8) is 0 Å². The van der Waals surface area contributed by atoms with Gasteiger partial charge in [-0.3, -0.25) is 4.79 Å². The first-order chi connectivity index (χ1) is 9.95. The monoisotopic (exact) mass is 300 g/mol. The second-order valence-electron chi connectivity index (χ2n) is 6.09. The smallest absolute Gasteiger partial charge is 0.325 e. The maximum Gasteiger partial charge on any atom is 0.325 e. The molecule has 2 unspecified atom stereocenters. The molecule has 0 aliphatic heterocycles. The third-order valence-electron chi connectivity index (χ3n) is 4.39. The molecule has 4 heteroatoms. The average Bonchev–Trinajstić information content (AvgIpc) is 2.51. The van der Waals surface area contributed by atoms with Crippen molar-refractivity contribution in [3.05, 3.63) is 0 Å². The second kappa shape index (κ2) is 11.0. The van der Waals surface area contributed by atoms with E-state index in [0.29, 0.717) is 6.04 Å². The van der Waals surface area contributed by atoms with Crippen molar-refractivity contribution >= 4 is 5.97 Å². The summed E-state index contributed by atoms with van der Waals surface area (Å²) in [5.41, 5.74) is -0.543. The van der Waals surface area contributed by atoms with E-state index in [2.05, 4.69) is 37.9 Å². The highest BCUT2D eigenvalue weighted by Crippen LogP contribution is 2.17. The minimum Gasteiger partial charge on any atom is -0.468 e. The van der Waals surface area contributed by atoms with Crippen LogP contribution < -0.4 is 5.32 Å². The summed E-state index contributed by atoms with van der Waals surface area (Å²) in [4.78, 5) is 14.5. The molecule has 0 aromatic rings. The molecule has 0 spiro atoms. The van der Waals surface area contributed by atoms with Crippen LogP contribution in [-0.2, 0) is 9.53 Å². The molecule has 0 rings (SSSR count). The summed E-state index contributed by atoms with van der Waals surface area (Å²) in [6, 6.07) is 0.639. The van der Waals surface area contributed by atoms with E-state index < -0.39 is 5.54 Å². The number of hydrogen-bond acceptors (Lipinski definition) is 4. The molecule has 126 valence electrons. The summed E-state index contributed by atoms with van der Waals surface area (Å²) < 4.78 is 4.96. The summed E-state index contributed by atoms with van der Waals surface area (Å²) in [6.45, 7) is 13.8. The van der Waals surface area contributed by atoms with Gasteiger partial charge in [-0.15, -0.1) is 0 Å². The Morgan fingerprint density at radius 3 is 2.43 bits per heavy atom. The molecule has 0 heterocycles. The van der Waals surface area contributed by atoms with Crippen molar-refractivity contribution < 1.29 is 9.53 Å². The lowest BCUT2D eigenvalue weighted by atomic mass is 9.94. The lowest BCUT2D eigenvalue weighted by Gasteiger charge is -2.30. The minimum absolute atomic E-state index is 0.148. The van der Waals surface area contributed by atoms with Crippen LogP contribution in [0.2, 0.25) is 0 Å². The van der Waals surface area contributed by atoms with Gasteiger partial charge in [0.2, 0.25) is 0 Å². The molecular formula is C17H36N2O2. The van der Waals surface area contributed by atoms with Gasteiger partial charge >= 0.3 is 5.97 Å². The first-order valence-electron chi connectivity index (χ1n) is 8.52. The third kappa shape index (κ3) is 7.28. The van der Waals surface area contributed by atoms with Gasteiger partial charge in [-0.2, -0.15) is 0 Å². The molecule has 0 radical (unpaired) electrons. The lowest BCUT2D eigenvalue weighted by Crippen LogP contribution is -2.50. The van der Waals surface area contributed by atoms with E-state index in [0.717, 1.165) is 45.3 Å². The van der Waals surface area contributed by atoms with Crippen LogP contribution in [0.4, 0.5) is 0 Å². The number of unbranched alkanes of at least 4 members (excludes halogenated alkanes) is 1. The highest BCUT2D eigenvalue weighted by molar-refractivity contribution is 5.80. The standard InChI is InChI=1S/C17H36N2O2/c1-7-13-18-17(5,16(20)21-6)12-10-11-14-19(9-3)15(4)8-2/h15,18H,7-14H2,1-6H3. The number of hydrogen-bond donors (Lipinski definition) is 1. The zero-order chi connectivity index (χ0) is 16.3. The fourth-order valence-corrected chi connectivity index (χ4v) is 2.63. The van der Waals surface area contributed by atoms with E-state index in [-0.39, 0.29) is 5.97 Å². The summed E-state index contributed by atoms with van der Waals surface area (Å²) in [6.07, 6.45) is 5.20. The SMILES string of the molecule is CCCNC(C)(CCCCN(CC)C(C)CC)C(=O)OC. The van der Waals surface area contributed by atoms with Crippen molar-refractivity contribution in [2.45, 2.75) is 78.3 Å². The van der Waals surface area contributed by atoms with Crippen LogP contribution in [0.1, 0.15) is 66.7 Å². The van der Waals surface area contributed by atoms with Crippen molar-refractivity contribution in [1.82, 2.24) is 10.2 Å². The number of methoxy groups -OCH3 is 1. The predicted molar refractivity (Wildman–Crippen MR) is 89.6 cm³/mol. The van der Waals surface area contributed by atoms with Gasteiger partial charge in [0.25, 0.3) is 0 Å². The molecule has 0 saturated heterocycles. The Morgan fingerprint density at radius 2 is 1.95 bits per heavy atom. The van der Waals surface area contributed by atoms with Gasteiger partial charge in [-0.1, -0.05) is 20.8 Å². The maximum absolute atomic E-state index is 12.0. The largest absolute Gasteiger partial charge is 0.468 e. The number of nitrogens with one attached hydrogen (secondary N) is 1. The summed E-state index contributed by atoms with van der Waals surface area (Å²) in [7, 11) is 1.47. The summed E-state index contributed by atoms with van der Waals surface area (Å²) >= 11 is 0. The van der Waals surface area contributed by atoms with E-state index in [4.69, 9.17) is 4.74 Å². The van der Waals surface area contributed by atoms with Crippen LogP contribution in [0, 0.1) is 0 Å². The van der Waals surface area contributed by atoms with E-state index in [1.165, 1.54) is 13.5 Å². The number of ether oxygens (including phenoxy) is 1. The quantitative estimate of drug-likeness (QED) is 0.444. The molecule has 0 saturated carbocycles. The van der Waals surface area contributed by atoms with Gasteiger partial charge in [0, 0.05) is 6.04 Å². The Kier molecular flexibility index (Phi) is 10.7. The summed E-state index contributed by atoms with van der Waals surface area (Å²) in [5.74, 6) is -0.148. The Morgan fingerprint density at radius 1 is 1.29 bits per heavy atom. The van der Waals surface area contributed by atoms with Gasteiger partial charge in [0.15, 0.2) is 0 Å². The molecule has 0 aliphatic carbocycles. The Hall–Kier alpha value is -0.610. The van der Waals surface area contributed by atoms with E-state index in [1.807, 2.05) is 6.92 Å². The highest BCUT2D eigenvalue weighted by Gasteiger charge is 2.32. The average molecular weight is 300 g/mol. The Bertz CT molecular complexity index is 284. The Labute approximate surface area is 131 Å². The second-order valence-corrected chi connectivity index (χ2v) is 6.09. The van der Waals surface area contributed by atoms with E-state index in [9.17, 15) is 4.79 Å². The zero-order valence-corrected chi connectivity index (χ0v) is 15.0. The van der Waals surface area contributed by atoms with Gasteiger partial charge in [0.05, 0.1) is 7.11 Å². The van der Waals surface area contributed by atoms with Crippen molar-refractivity contribution in [1.29, 1.82) is 0 Å². The molecule has 0 amide bonds. The van der Waals surface area contributed by atoms with Crippen LogP contribution in [0.5, 0.6) is 0 Å². The third-order valence-corrected chi connectivity index (χ3v) is 4.39. The molecule has 0 fully saturated rings. The molecule has 0 bridgehead atoms. The number of nitrogens with zero attached hydrogens (tertiary/aromatic N) is 1. The first kappa shape index (κ1) is 20.4. The predicted octanol–water partition coefficient (Wildman–Crippen LogP) is 3.21. The Balaban J connectivity index is 4.27. The molecular weight excluding hydrogens is 264 g/mol. The number of rotatable bonds is 12. The van der Waals surface area contributed by atoms with Crippen LogP contribution in [0.3, 0.4) is 0 Å². The topological polar surface area (TPSA) is 41.6 Å². The molecule has 2 atom stereocenters. The number of carbonyl (C=O) groups is 1. The van der Waals surface area contributed by atoms with Crippen molar-refractivity contribution in [2.24, 2.45) is 0 Å². The van der Waals surface area contributed by atoms with Gasteiger partial charge in [0.1, 0.15) is 5.54 Å². The molecule has 0 aliphatic rings. The van der Waals surface area contributed by atoms with Crippen molar-refractivity contribution in [2.75, 3.05) is 26.7 Å². The molecule has 1 N–H and O–H groups in total. The fraction of sp³-hybridized carbons (Fsp3) is 0.941. The number of esters is 1. The summed E-state index contributed by atoms with van der Waals surface area (Å²) in [5, 5.41) is 3.34. The molecule has 0 aromatic carbocycles. The van der Waals surface area contributed by atoms with Gasteiger partial charge in [-0.25, -0.2) is 0 Å². The lowest BCUT2D eigenvalue weighted by molar-refractivity contribution is -0.148. The van der Waals surface area contributed by atoms with Gasteiger partial charge in [-0.05, 0) is 65.6 Å². The van der Waals surface area contributed by atoms with Crippen molar-refractivity contribution in [3.8, 4) is 0 Å². The fourth-order valence-electron chi connectivity index (χ4n) is 2.63. The minimum atomic E-state index is -0.543. The van der Waals surface area contributed by atoms with Crippen LogP contribution in [0.25, 0.3) is 0 Å². The molecule has 0 aromatic heterocycles. The zero-order valence-electron chi connectivity index (χ0n) is 15.0. The van der Waals surface area contributed by atoms with E-state index >= 15 is 0 Å². The maximum atomic E-state index is 12.0. The highest BCUT2D eigenvalue weighted by atomic mass is 16.5. The molecule has 4 nitrogen and oxygen atoms in total. The van der Waals surface area contributed by atoms with Crippen LogP contribution >= 0.6 is 0 Å².